The first-order chi connectivity index (χ1) is 19.6. The van der Waals surface area contributed by atoms with Crippen molar-refractivity contribution in [3.63, 3.8) is 0 Å². The number of sulfone groups is 1. The van der Waals surface area contributed by atoms with Gasteiger partial charge in [-0.15, -0.1) is 24.8 Å². The third-order valence-corrected chi connectivity index (χ3v) is 8.75. The second-order valence-electron chi connectivity index (χ2n) is 7.70. The molecule has 3 aromatic carbocycles. The topological polar surface area (TPSA) is 286 Å². The van der Waals surface area contributed by atoms with Gasteiger partial charge in [-0.05, 0) is 36.4 Å². The van der Waals surface area contributed by atoms with Gasteiger partial charge in [0.15, 0.2) is 22.2 Å². The molecule has 0 saturated heterocycles. The number of benzene rings is 3. The highest BCUT2D eigenvalue weighted by Crippen LogP contribution is 2.39. The monoisotopic (exact) mass is 665 g/mol. The minimum absolute atomic E-state index is 0.134. The number of phenolic OH excluding ortho intramolecular Hbond substituents is 1. The molecule has 18 nitrogen and oxygen atoms in total. The molecule has 0 heterocycles. The van der Waals surface area contributed by atoms with Crippen LogP contribution in [0, 0.1) is 0 Å². The largest absolute Gasteiger partial charge is 0.506 e. The van der Waals surface area contributed by atoms with Gasteiger partial charge >= 0.3 is 0 Å². The first-order valence-electron chi connectivity index (χ1n) is 10.8. The Labute approximate surface area is 242 Å². The van der Waals surface area contributed by atoms with Gasteiger partial charge in [0, 0.05) is 6.07 Å². The van der Waals surface area contributed by atoms with Crippen LogP contribution in [0.25, 0.3) is 0 Å². The van der Waals surface area contributed by atoms with Crippen molar-refractivity contribution in [3.05, 3.63) is 54.6 Å². The molecule has 3 rings (SSSR count). The number of nitrogens with two attached hydrogens (primary N) is 1. The van der Waals surface area contributed by atoms with Gasteiger partial charge in [0.25, 0.3) is 20.2 Å². The summed E-state index contributed by atoms with van der Waals surface area (Å²) >= 11 is 0.135. The molecule has 0 amide bonds. The van der Waals surface area contributed by atoms with Gasteiger partial charge in [-0.25, -0.2) is 13.7 Å². The molecule has 0 aromatic heterocycles. The van der Waals surface area contributed by atoms with E-state index in [0.29, 0.717) is 6.07 Å². The molecule has 0 fully saturated rings. The summed E-state index contributed by atoms with van der Waals surface area (Å²) in [6.07, 6.45) is 0. The fraction of sp³-hybridized carbons (Fsp3) is 0.100. The molecule has 0 atom stereocenters. The molecule has 0 unspecified atom stereocenters. The Balaban J connectivity index is 1.94. The van der Waals surface area contributed by atoms with E-state index in [1.165, 1.54) is 18.2 Å². The molecule has 0 bridgehead atoms. The van der Waals surface area contributed by atoms with Gasteiger partial charge in [0.05, 0.1) is 22.9 Å². The van der Waals surface area contributed by atoms with Crippen molar-refractivity contribution in [2.24, 2.45) is 20.5 Å². The predicted molar refractivity (Wildman–Crippen MR) is 144 cm³/mol. The molecule has 42 heavy (non-hydrogen) atoms. The van der Waals surface area contributed by atoms with E-state index in [9.17, 15) is 39.5 Å². The van der Waals surface area contributed by atoms with Crippen molar-refractivity contribution >= 4 is 70.8 Å². The maximum atomic E-state index is 12.5. The standard InChI is InChI=1S/C20H19N5O13S4/c21-13-10-18(26)17(11-16(13)24-22-14-3-1-2-4-19(14)41(30,31)32)25-23-15-6-5-12(9-20(15)42(33,34)35)40(28,29)8-7-36-39-38-37-27/h1-6,9-11,26-27H,7-8,21H2,(H,30,31,32)(H,33,34,35). The maximum Gasteiger partial charge on any atom is 0.296 e. The fourth-order valence-corrected chi connectivity index (χ4v) is 5.81. The van der Waals surface area contributed by atoms with Crippen LogP contribution in [0.1, 0.15) is 0 Å². The van der Waals surface area contributed by atoms with Crippen LogP contribution in [-0.4, -0.2) is 57.1 Å². The average molecular weight is 666 g/mol. The molecule has 0 saturated carbocycles. The Morgan fingerprint density at radius 2 is 1.36 bits per heavy atom. The molecule has 22 heteroatoms. The summed E-state index contributed by atoms with van der Waals surface area (Å²) in [4.78, 5) is -1.99. The van der Waals surface area contributed by atoms with E-state index in [1.807, 2.05) is 0 Å². The van der Waals surface area contributed by atoms with Gasteiger partial charge in [-0.1, -0.05) is 17.2 Å². The Hall–Kier alpha value is -3.58. The van der Waals surface area contributed by atoms with E-state index in [0.717, 1.165) is 30.3 Å². The lowest BCUT2D eigenvalue weighted by Gasteiger charge is -2.08. The molecular formula is C20H19N5O13S4. The number of anilines is 1. The highest BCUT2D eigenvalue weighted by molar-refractivity contribution is 7.91. The van der Waals surface area contributed by atoms with Crippen LogP contribution >= 0.6 is 12.3 Å². The number of aromatic hydroxyl groups is 1. The Bertz CT molecular complexity index is 1850. The van der Waals surface area contributed by atoms with Gasteiger partial charge in [0.2, 0.25) is 0 Å². The number of hydrogen-bond donors (Lipinski definition) is 5. The van der Waals surface area contributed by atoms with E-state index in [4.69, 9.17) is 11.0 Å². The summed E-state index contributed by atoms with van der Waals surface area (Å²) in [5.74, 6) is -1.21. The second kappa shape index (κ2) is 13.6. The zero-order valence-corrected chi connectivity index (χ0v) is 23.8. The SMILES string of the molecule is Nc1cc(O)c(N=Nc2ccc(S(=O)(=O)CCOSOOO)cc2S(=O)(=O)O)cc1N=Nc1ccccc1S(=O)(=O)O. The van der Waals surface area contributed by atoms with Crippen molar-refractivity contribution in [1.82, 2.24) is 0 Å². The van der Waals surface area contributed by atoms with Crippen LogP contribution in [0.5, 0.6) is 5.75 Å². The number of phenols is 1. The van der Waals surface area contributed by atoms with Crippen molar-refractivity contribution < 1.29 is 58.3 Å². The van der Waals surface area contributed by atoms with E-state index >= 15 is 0 Å². The Morgan fingerprint density at radius 3 is 2.00 bits per heavy atom. The summed E-state index contributed by atoms with van der Waals surface area (Å²) in [7, 11) is -13.8. The summed E-state index contributed by atoms with van der Waals surface area (Å²) in [6, 6.07) is 9.71. The summed E-state index contributed by atoms with van der Waals surface area (Å²) in [5.41, 5.74) is 4.47. The Morgan fingerprint density at radius 1 is 0.762 bits per heavy atom. The van der Waals surface area contributed by atoms with Gasteiger partial charge < -0.3 is 10.8 Å². The quantitative estimate of drug-likeness (QED) is 0.0327. The molecule has 0 aliphatic rings. The summed E-state index contributed by atoms with van der Waals surface area (Å²) in [6.45, 7) is -0.462. The number of hydrogen-bond acceptors (Lipinski definition) is 17. The molecule has 0 aliphatic heterocycles. The summed E-state index contributed by atoms with van der Waals surface area (Å²) in [5, 5.41) is 36.5. The van der Waals surface area contributed by atoms with Crippen molar-refractivity contribution in [2.45, 2.75) is 14.7 Å². The van der Waals surface area contributed by atoms with Crippen LogP contribution in [0.15, 0.2) is 89.7 Å². The first kappa shape index (κ1) is 32.9. The van der Waals surface area contributed by atoms with Crippen LogP contribution in [0.3, 0.4) is 0 Å². The molecule has 0 radical (unpaired) electrons. The molecular weight excluding hydrogens is 647 g/mol. The predicted octanol–water partition coefficient (Wildman–Crippen LogP) is 4.07. The van der Waals surface area contributed by atoms with E-state index in [2.05, 4.69) is 34.0 Å². The number of azo groups is 2. The first-order valence-corrected chi connectivity index (χ1v) is 16.0. The number of rotatable bonds is 13. The van der Waals surface area contributed by atoms with E-state index < -0.39 is 68.6 Å². The van der Waals surface area contributed by atoms with Gasteiger partial charge in [-0.2, -0.15) is 16.8 Å². The molecule has 6 N–H and O–H groups in total. The molecule has 3 aromatic rings. The average Bonchev–Trinajstić information content (AvgIpc) is 2.91. The zero-order chi connectivity index (χ0) is 31.1. The van der Waals surface area contributed by atoms with Gasteiger partial charge in [0.1, 0.15) is 38.3 Å². The summed E-state index contributed by atoms with van der Waals surface area (Å²) < 4.78 is 99.8. The van der Waals surface area contributed by atoms with Crippen molar-refractivity contribution in [1.29, 1.82) is 0 Å². The van der Waals surface area contributed by atoms with Crippen LogP contribution in [0.2, 0.25) is 0 Å². The van der Waals surface area contributed by atoms with Gasteiger partial charge in [-0.3, -0.25) is 13.3 Å². The minimum atomic E-state index is -5.04. The fourth-order valence-electron chi connectivity index (χ4n) is 3.03. The maximum absolute atomic E-state index is 12.5. The van der Waals surface area contributed by atoms with Crippen LogP contribution < -0.4 is 5.73 Å². The lowest BCUT2D eigenvalue weighted by atomic mass is 10.2. The van der Waals surface area contributed by atoms with Crippen LogP contribution in [0.4, 0.5) is 28.4 Å². The lowest BCUT2D eigenvalue weighted by Crippen LogP contribution is -2.12. The third kappa shape index (κ3) is 8.71. The normalized spacial score (nSPS) is 12.8. The lowest BCUT2D eigenvalue weighted by molar-refractivity contribution is -0.434. The zero-order valence-electron chi connectivity index (χ0n) is 20.6. The van der Waals surface area contributed by atoms with Crippen molar-refractivity contribution in [3.8, 4) is 5.75 Å². The van der Waals surface area contributed by atoms with E-state index in [1.54, 1.807) is 0 Å². The minimum Gasteiger partial charge on any atom is -0.506 e. The Kier molecular flexibility index (Phi) is 10.7. The molecule has 0 aliphatic carbocycles. The smallest absolute Gasteiger partial charge is 0.296 e. The number of nitrogen functional groups attached to an aromatic ring is 1. The molecule has 226 valence electrons. The van der Waals surface area contributed by atoms with Crippen molar-refractivity contribution in [2.75, 3.05) is 18.1 Å². The highest BCUT2D eigenvalue weighted by atomic mass is 32.2. The highest BCUT2D eigenvalue weighted by Gasteiger charge is 2.22. The third-order valence-electron chi connectivity index (χ3n) is 4.91. The van der Waals surface area contributed by atoms with E-state index in [-0.39, 0.29) is 35.1 Å². The number of nitrogens with zero attached hydrogens (tertiary/aromatic N) is 4. The molecule has 0 spiro atoms. The second-order valence-corrected chi connectivity index (χ2v) is 13.1. The van der Waals surface area contributed by atoms with Crippen LogP contribution in [-0.2, 0) is 43.6 Å².